The molecule has 1 amide bonds. The molecule has 5 heteroatoms. The van der Waals surface area contributed by atoms with E-state index in [1.807, 2.05) is 24.3 Å². The van der Waals surface area contributed by atoms with Gasteiger partial charge in [0.1, 0.15) is 0 Å². The van der Waals surface area contributed by atoms with Crippen LogP contribution < -0.4 is 5.32 Å². The molecular weight excluding hydrogens is 242 g/mol. The maximum atomic E-state index is 11.8. The number of nitrogens with zero attached hydrogens (tertiary/aromatic N) is 2. The lowest BCUT2D eigenvalue weighted by Crippen LogP contribution is -2.41. The van der Waals surface area contributed by atoms with Crippen molar-refractivity contribution >= 4 is 11.6 Å². The first kappa shape index (κ1) is 13.5. The molecule has 0 saturated carbocycles. The minimum absolute atomic E-state index is 0.0186. The van der Waals surface area contributed by atoms with Crippen molar-refractivity contribution < 1.29 is 9.53 Å². The molecule has 1 fully saturated rings. The Morgan fingerprint density at radius 1 is 1.32 bits per heavy atom. The van der Waals surface area contributed by atoms with E-state index in [0.29, 0.717) is 26.2 Å². The predicted molar refractivity (Wildman–Crippen MR) is 71.6 cm³/mol. The van der Waals surface area contributed by atoms with Gasteiger partial charge in [-0.1, -0.05) is 12.1 Å². The zero-order valence-corrected chi connectivity index (χ0v) is 10.8. The number of rotatable bonds is 4. The van der Waals surface area contributed by atoms with Crippen molar-refractivity contribution in [2.75, 3.05) is 38.2 Å². The fourth-order valence-electron chi connectivity index (χ4n) is 1.96. The Morgan fingerprint density at radius 2 is 2.00 bits per heavy atom. The number of carbonyl (C=O) groups is 1. The van der Waals surface area contributed by atoms with E-state index in [-0.39, 0.29) is 5.91 Å². The first-order valence-electron chi connectivity index (χ1n) is 6.34. The lowest BCUT2D eigenvalue weighted by molar-refractivity contribution is -0.118. The molecule has 1 aliphatic rings. The smallest absolute Gasteiger partial charge is 0.238 e. The molecule has 1 N–H and O–H groups in total. The van der Waals surface area contributed by atoms with Crippen LogP contribution in [0.4, 0.5) is 5.69 Å². The van der Waals surface area contributed by atoms with Gasteiger partial charge in [0.05, 0.1) is 32.2 Å². The van der Waals surface area contributed by atoms with E-state index in [0.717, 1.165) is 24.3 Å². The van der Waals surface area contributed by atoms with Gasteiger partial charge in [0, 0.05) is 18.8 Å². The molecule has 2 rings (SSSR count). The number of carbonyl (C=O) groups excluding carboxylic acids is 1. The van der Waals surface area contributed by atoms with Crippen LogP contribution in [0.2, 0.25) is 0 Å². The summed E-state index contributed by atoms with van der Waals surface area (Å²) in [5, 5.41) is 11.4. The Balaban J connectivity index is 1.82. The molecule has 0 unspecified atom stereocenters. The average Bonchev–Trinajstić information content (AvgIpc) is 2.42. The molecule has 1 aromatic carbocycles. The summed E-state index contributed by atoms with van der Waals surface area (Å²) in [4.78, 5) is 13.9. The standard InChI is InChI=1S/C14H17N3O2/c15-6-5-12-1-3-13(4-2-12)16-14(18)11-17-7-9-19-10-8-17/h1-4H,5,7-11H2,(H,16,18). The van der Waals surface area contributed by atoms with Crippen LogP contribution >= 0.6 is 0 Å². The van der Waals surface area contributed by atoms with Gasteiger partial charge in [-0.3, -0.25) is 9.69 Å². The summed E-state index contributed by atoms with van der Waals surface area (Å²) in [5.41, 5.74) is 1.72. The first-order chi connectivity index (χ1) is 9.28. The van der Waals surface area contributed by atoms with Gasteiger partial charge < -0.3 is 10.1 Å². The van der Waals surface area contributed by atoms with Gasteiger partial charge in [-0.15, -0.1) is 0 Å². The van der Waals surface area contributed by atoms with Crippen LogP contribution in [0.1, 0.15) is 5.56 Å². The Morgan fingerprint density at radius 3 is 2.63 bits per heavy atom. The lowest BCUT2D eigenvalue weighted by Gasteiger charge is -2.25. The summed E-state index contributed by atoms with van der Waals surface area (Å²) in [6.07, 6.45) is 0.391. The summed E-state index contributed by atoms with van der Waals surface area (Å²) in [5.74, 6) is -0.0186. The summed E-state index contributed by atoms with van der Waals surface area (Å²) < 4.78 is 5.24. The van der Waals surface area contributed by atoms with Crippen LogP contribution in [0, 0.1) is 11.3 Å². The maximum absolute atomic E-state index is 11.8. The number of amides is 1. The zero-order chi connectivity index (χ0) is 13.5. The zero-order valence-electron chi connectivity index (χ0n) is 10.8. The van der Waals surface area contributed by atoms with Crippen LogP contribution in [0.15, 0.2) is 24.3 Å². The number of ether oxygens (including phenoxy) is 1. The highest BCUT2D eigenvalue weighted by molar-refractivity contribution is 5.92. The van der Waals surface area contributed by atoms with Crippen molar-refractivity contribution in [1.82, 2.24) is 4.90 Å². The number of anilines is 1. The highest BCUT2D eigenvalue weighted by atomic mass is 16.5. The van der Waals surface area contributed by atoms with Gasteiger partial charge >= 0.3 is 0 Å². The summed E-state index contributed by atoms with van der Waals surface area (Å²) in [6, 6.07) is 9.45. The molecule has 0 radical (unpaired) electrons. The number of hydrogen-bond donors (Lipinski definition) is 1. The van der Waals surface area contributed by atoms with Crippen molar-refractivity contribution in [2.24, 2.45) is 0 Å². The van der Waals surface area contributed by atoms with E-state index >= 15 is 0 Å². The molecule has 0 aliphatic carbocycles. The van der Waals surface area contributed by atoms with E-state index in [9.17, 15) is 4.79 Å². The molecule has 1 saturated heterocycles. The SMILES string of the molecule is N#CCc1ccc(NC(=O)CN2CCOCC2)cc1. The second kappa shape index (κ2) is 6.88. The topological polar surface area (TPSA) is 65.4 Å². The highest BCUT2D eigenvalue weighted by Crippen LogP contribution is 2.10. The fourth-order valence-corrected chi connectivity index (χ4v) is 1.96. The molecule has 0 bridgehead atoms. The Labute approximate surface area is 112 Å². The second-order valence-corrected chi connectivity index (χ2v) is 4.47. The number of nitriles is 1. The summed E-state index contributed by atoms with van der Waals surface area (Å²) in [7, 11) is 0. The maximum Gasteiger partial charge on any atom is 0.238 e. The third kappa shape index (κ3) is 4.36. The highest BCUT2D eigenvalue weighted by Gasteiger charge is 2.13. The number of nitrogens with one attached hydrogen (secondary N) is 1. The van der Waals surface area contributed by atoms with Crippen LogP contribution in [0.3, 0.4) is 0 Å². The predicted octanol–water partition coefficient (Wildman–Crippen LogP) is 1.02. The molecule has 0 aromatic heterocycles. The largest absolute Gasteiger partial charge is 0.379 e. The van der Waals surface area contributed by atoms with Gasteiger partial charge in [0.25, 0.3) is 0 Å². The molecule has 19 heavy (non-hydrogen) atoms. The molecule has 0 spiro atoms. The Hall–Kier alpha value is -1.90. The number of hydrogen-bond acceptors (Lipinski definition) is 4. The van der Waals surface area contributed by atoms with Crippen LogP contribution in [-0.2, 0) is 16.0 Å². The molecule has 0 atom stereocenters. The van der Waals surface area contributed by atoms with Gasteiger partial charge in [0.15, 0.2) is 0 Å². The molecule has 1 aromatic rings. The molecule has 1 aliphatic heterocycles. The number of morpholine rings is 1. The van der Waals surface area contributed by atoms with Crippen LogP contribution in [0.5, 0.6) is 0 Å². The van der Waals surface area contributed by atoms with Gasteiger partial charge in [-0.25, -0.2) is 0 Å². The van der Waals surface area contributed by atoms with E-state index in [2.05, 4.69) is 16.3 Å². The van der Waals surface area contributed by atoms with E-state index < -0.39 is 0 Å². The van der Waals surface area contributed by atoms with Crippen LogP contribution in [-0.4, -0.2) is 43.7 Å². The number of benzene rings is 1. The van der Waals surface area contributed by atoms with Crippen molar-refractivity contribution in [2.45, 2.75) is 6.42 Å². The van der Waals surface area contributed by atoms with Crippen molar-refractivity contribution in [1.29, 1.82) is 5.26 Å². The third-order valence-corrected chi connectivity index (χ3v) is 2.99. The third-order valence-electron chi connectivity index (χ3n) is 2.99. The Kier molecular flexibility index (Phi) is 4.90. The van der Waals surface area contributed by atoms with Gasteiger partial charge in [-0.2, -0.15) is 5.26 Å². The van der Waals surface area contributed by atoms with Crippen molar-refractivity contribution in [3.05, 3.63) is 29.8 Å². The normalized spacial score (nSPS) is 15.7. The van der Waals surface area contributed by atoms with E-state index in [4.69, 9.17) is 10.00 Å². The second-order valence-electron chi connectivity index (χ2n) is 4.47. The van der Waals surface area contributed by atoms with Gasteiger partial charge in [0.2, 0.25) is 5.91 Å². The fraction of sp³-hybridized carbons (Fsp3) is 0.429. The van der Waals surface area contributed by atoms with Crippen molar-refractivity contribution in [3.8, 4) is 6.07 Å². The Bertz CT molecular complexity index is 459. The van der Waals surface area contributed by atoms with Crippen LogP contribution in [0.25, 0.3) is 0 Å². The average molecular weight is 259 g/mol. The summed E-state index contributed by atoms with van der Waals surface area (Å²) >= 11 is 0. The quantitative estimate of drug-likeness (QED) is 0.877. The van der Waals surface area contributed by atoms with E-state index in [1.54, 1.807) is 0 Å². The minimum Gasteiger partial charge on any atom is -0.379 e. The monoisotopic (exact) mass is 259 g/mol. The molecule has 1 heterocycles. The minimum atomic E-state index is -0.0186. The van der Waals surface area contributed by atoms with Crippen molar-refractivity contribution in [3.63, 3.8) is 0 Å². The molecule has 5 nitrogen and oxygen atoms in total. The van der Waals surface area contributed by atoms with Gasteiger partial charge in [-0.05, 0) is 17.7 Å². The molecular formula is C14H17N3O2. The summed E-state index contributed by atoms with van der Waals surface area (Å²) in [6.45, 7) is 3.37. The lowest BCUT2D eigenvalue weighted by atomic mass is 10.1. The first-order valence-corrected chi connectivity index (χ1v) is 6.34. The van der Waals surface area contributed by atoms with E-state index in [1.165, 1.54) is 0 Å². The molecule has 100 valence electrons.